The summed E-state index contributed by atoms with van der Waals surface area (Å²) in [6.07, 6.45) is 4.19. The zero-order valence-electron chi connectivity index (χ0n) is 9.60. The van der Waals surface area contributed by atoms with E-state index in [4.69, 9.17) is 0 Å². The molecule has 16 heavy (non-hydrogen) atoms. The second-order valence-corrected chi connectivity index (χ2v) is 4.18. The molecule has 1 unspecified atom stereocenters. The summed E-state index contributed by atoms with van der Waals surface area (Å²) in [7, 11) is 1.76. The van der Waals surface area contributed by atoms with Gasteiger partial charge in [-0.25, -0.2) is 4.98 Å². The molecule has 1 aliphatic heterocycles. The van der Waals surface area contributed by atoms with Gasteiger partial charge in [0.2, 0.25) is 0 Å². The minimum absolute atomic E-state index is 0.0195. The lowest BCUT2D eigenvalue weighted by atomic mass is 10.2. The summed E-state index contributed by atoms with van der Waals surface area (Å²) in [5, 5.41) is 2.88. The zero-order valence-corrected chi connectivity index (χ0v) is 9.60. The fourth-order valence-corrected chi connectivity index (χ4v) is 1.87. The molecule has 1 amide bonds. The summed E-state index contributed by atoms with van der Waals surface area (Å²) in [5.74, 6) is 1.19. The highest BCUT2D eigenvalue weighted by atomic mass is 16.2. The maximum atomic E-state index is 12.1. The molecule has 2 rings (SSSR count). The van der Waals surface area contributed by atoms with Gasteiger partial charge in [-0.3, -0.25) is 9.78 Å². The number of nitrogens with one attached hydrogen (secondary N) is 1. The molecule has 1 aromatic heterocycles. The largest absolute Gasteiger partial charge is 0.372 e. The van der Waals surface area contributed by atoms with Gasteiger partial charge in [0.05, 0.1) is 12.4 Å². The van der Waals surface area contributed by atoms with Crippen molar-refractivity contribution in [3.05, 3.63) is 18.1 Å². The smallest absolute Gasteiger partial charge is 0.274 e. The molecule has 0 aromatic carbocycles. The Morgan fingerprint density at radius 3 is 3.00 bits per heavy atom. The van der Waals surface area contributed by atoms with Crippen LogP contribution in [0.5, 0.6) is 0 Å². The summed E-state index contributed by atoms with van der Waals surface area (Å²) >= 11 is 0. The molecule has 0 aliphatic carbocycles. The van der Waals surface area contributed by atoms with Crippen LogP contribution < -0.4 is 5.32 Å². The Hall–Kier alpha value is -1.65. The molecule has 2 heterocycles. The van der Waals surface area contributed by atoms with Crippen LogP contribution in [0.1, 0.15) is 23.8 Å². The van der Waals surface area contributed by atoms with Crippen molar-refractivity contribution in [2.45, 2.75) is 13.3 Å². The van der Waals surface area contributed by atoms with E-state index in [2.05, 4.69) is 22.2 Å². The van der Waals surface area contributed by atoms with Crippen molar-refractivity contribution in [1.29, 1.82) is 0 Å². The highest BCUT2D eigenvalue weighted by Gasteiger charge is 2.25. The van der Waals surface area contributed by atoms with Crippen molar-refractivity contribution in [2.24, 2.45) is 5.92 Å². The van der Waals surface area contributed by atoms with Gasteiger partial charge in [0, 0.05) is 20.1 Å². The lowest BCUT2D eigenvalue weighted by molar-refractivity contribution is 0.0782. The number of nitrogens with zero attached hydrogens (tertiary/aromatic N) is 3. The van der Waals surface area contributed by atoms with Gasteiger partial charge < -0.3 is 10.2 Å². The van der Waals surface area contributed by atoms with Gasteiger partial charge >= 0.3 is 0 Å². The molecule has 1 fully saturated rings. The first-order valence-corrected chi connectivity index (χ1v) is 5.49. The first-order valence-electron chi connectivity index (χ1n) is 5.49. The van der Waals surface area contributed by atoms with Crippen molar-refractivity contribution in [3.8, 4) is 0 Å². The molecule has 5 nitrogen and oxygen atoms in total. The van der Waals surface area contributed by atoms with E-state index >= 15 is 0 Å². The van der Waals surface area contributed by atoms with E-state index in [0.717, 1.165) is 19.5 Å². The fraction of sp³-hybridized carbons (Fsp3) is 0.545. The average molecular weight is 220 g/mol. The van der Waals surface area contributed by atoms with Gasteiger partial charge in [0.25, 0.3) is 5.91 Å². The summed E-state index contributed by atoms with van der Waals surface area (Å²) in [6, 6.07) is 0. The average Bonchev–Trinajstić information content (AvgIpc) is 2.75. The summed E-state index contributed by atoms with van der Waals surface area (Å²) in [4.78, 5) is 22.1. The molecule has 1 saturated heterocycles. The highest BCUT2D eigenvalue weighted by molar-refractivity contribution is 5.92. The molecule has 0 spiro atoms. The van der Waals surface area contributed by atoms with Gasteiger partial charge in [-0.2, -0.15) is 0 Å². The minimum atomic E-state index is -0.0195. The van der Waals surface area contributed by atoms with E-state index in [1.165, 1.54) is 6.20 Å². The molecule has 1 N–H and O–H groups in total. The van der Waals surface area contributed by atoms with E-state index in [1.54, 1.807) is 13.2 Å². The van der Waals surface area contributed by atoms with Crippen molar-refractivity contribution in [2.75, 3.05) is 25.5 Å². The molecule has 1 atom stereocenters. The lowest BCUT2D eigenvalue weighted by Gasteiger charge is -2.15. The second kappa shape index (κ2) is 4.47. The molecule has 1 aliphatic rings. The van der Waals surface area contributed by atoms with E-state index in [0.29, 0.717) is 17.4 Å². The number of carbonyl (C=O) groups is 1. The van der Waals surface area contributed by atoms with E-state index in [9.17, 15) is 4.79 Å². The van der Waals surface area contributed by atoms with Crippen LogP contribution in [-0.2, 0) is 0 Å². The quantitative estimate of drug-likeness (QED) is 0.807. The van der Waals surface area contributed by atoms with Crippen molar-refractivity contribution in [1.82, 2.24) is 14.9 Å². The molecule has 0 radical (unpaired) electrons. The van der Waals surface area contributed by atoms with E-state index in [1.807, 2.05) is 4.90 Å². The predicted molar refractivity (Wildman–Crippen MR) is 61.3 cm³/mol. The first kappa shape index (κ1) is 10.9. The Bertz CT molecular complexity index is 393. The Labute approximate surface area is 94.9 Å². The third-order valence-electron chi connectivity index (χ3n) is 2.82. The van der Waals surface area contributed by atoms with Crippen LogP contribution >= 0.6 is 0 Å². The van der Waals surface area contributed by atoms with Crippen LogP contribution in [-0.4, -0.2) is 40.9 Å². The molecule has 1 aromatic rings. The monoisotopic (exact) mass is 220 g/mol. The van der Waals surface area contributed by atoms with E-state index in [-0.39, 0.29) is 5.91 Å². The van der Waals surface area contributed by atoms with Gasteiger partial charge in [-0.15, -0.1) is 0 Å². The molecule has 86 valence electrons. The number of likely N-dealkylation sites (tertiary alicyclic amines) is 1. The zero-order chi connectivity index (χ0) is 11.5. The van der Waals surface area contributed by atoms with Gasteiger partial charge in [-0.05, 0) is 12.3 Å². The highest BCUT2D eigenvalue weighted by Crippen LogP contribution is 2.17. The Morgan fingerprint density at radius 1 is 1.56 bits per heavy atom. The normalized spacial score (nSPS) is 19.9. The number of hydrogen-bond acceptors (Lipinski definition) is 4. The van der Waals surface area contributed by atoms with Crippen LogP contribution in [0.15, 0.2) is 12.4 Å². The Morgan fingerprint density at radius 2 is 2.38 bits per heavy atom. The number of hydrogen-bond donors (Lipinski definition) is 1. The summed E-state index contributed by atoms with van der Waals surface area (Å²) in [5.41, 5.74) is 0.418. The van der Waals surface area contributed by atoms with Crippen LogP contribution in [0.2, 0.25) is 0 Å². The number of amides is 1. The summed E-state index contributed by atoms with van der Waals surface area (Å²) in [6.45, 7) is 3.80. The van der Waals surface area contributed by atoms with Gasteiger partial charge in [0.1, 0.15) is 11.5 Å². The topological polar surface area (TPSA) is 58.1 Å². The van der Waals surface area contributed by atoms with Crippen molar-refractivity contribution < 1.29 is 4.79 Å². The summed E-state index contributed by atoms with van der Waals surface area (Å²) < 4.78 is 0. The lowest BCUT2D eigenvalue weighted by Crippen LogP contribution is -2.29. The Kier molecular flexibility index (Phi) is 3.03. The van der Waals surface area contributed by atoms with Gasteiger partial charge in [-0.1, -0.05) is 6.92 Å². The number of anilines is 1. The number of carbonyl (C=O) groups excluding carboxylic acids is 1. The van der Waals surface area contributed by atoms with E-state index < -0.39 is 0 Å². The van der Waals surface area contributed by atoms with Crippen molar-refractivity contribution >= 4 is 11.7 Å². The fourth-order valence-electron chi connectivity index (χ4n) is 1.87. The van der Waals surface area contributed by atoms with Gasteiger partial charge in [0.15, 0.2) is 0 Å². The molecule has 0 saturated carbocycles. The van der Waals surface area contributed by atoms with Crippen LogP contribution in [0.4, 0.5) is 5.82 Å². The molecular formula is C11H16N4O. The van der Waals surface area contributed by atoms with Crippen LogP contribution in [0, 0.1) is 5.92 Å². The van der Waals surface area contributed by atoms with Crippen LogP contribution in [0.3, 0.4) is 0 Å². The van der Waals surface area contributed by atoms with Crippen molar-refractivity contribution in [3.63, 3.8) is 0 Å². The number of aromatic nitrogens is 2. The SMILES string of the molecule is CNc1cncc(C(=O)N2CCC(C)C2)n1. The molecule has 5 heteroatoms. The Balaban J connectivity index is 2.14. The molecular weight excluding hydrogens is 204 g/mol. The van der Waals surface area contributed by atoms with Crippen LogP contribution in [0.25, 0.3) is 0 Å². The predicted octanol–water partition coefficient (Wildman–Crippen LogP) is 1.00. The third-order valence-corrected chi connectivity index (χ3v) is 2.82. The first-order chi connectivity index (χ1) is 7.70. The molecule has 0 bridgehead atoms. The number of rotatable bonds is 2. The maximum absolute atomic E-state index is 12.1. The third kappa shape index (κ3) is 2.13. The second-order valence-electron chi connectivity index (χ2n) is 4.18. The minimum Gasteiger partial charge on any atom is -0.372 e. The standard InChI is InChI=1S/C11H16N4O/c1-8-3-4-15(7-8)11(16)9-5-13-6-10(12-2)14-9/h5-6,8H,3-4,7H2,1-2H3,(H,12,14). The maximum Gasteiger partial charge on any atom is 0.274 e.